The molecule has 0 aromatic heterocycles. The van der Waals surface area contributed by atoms with Crippen LogP contribution in [0.2, 0.25) is 0 Å². The molecule has 0 spiro atoms. The average Bonchev–Trinajstić information content (AvgIpc) is 3.06. The van der Waals surface area contributed by atoms with Crippen LogP contribution in [0.5, 0.6) is 0 Å². The summed E-state index contributed by atoms with van der Waals surface area (Å²) in [6, 6.07) is 0.239. The van der Waals surface area contributed by atoms with Gasteiger partial charge in [0.2, 0.25) is 0 Å². The summed E-state index contributed by atoms with van der Waals surface area (Å²) in [5.74, 6) is -5.16. The first-order chi connectivity index (χ1) is 11.4. The Bertz CT molecular complexity index is 607. The molecule has 1 aromatic rings. The first-order valence-corrected chi connectivity index (χ1v) is 7.29. The van der Waals surface area contributed by atoms with Gasteiger partial charge in [-0.05, 0) is 13.0 Å². The molecule has 6 nitrogen and oxygen atoms in total. The molecule has 1 aliphatic rings. The number of aliphatic hydroxyl groups excluding tert-OH is 1. The third-order valence-corrected chi connectivity index (χ3v) is 3.58. The highest BCUT2D eigenvalue weighted by molar-refractivity contribution is 5.97. The van der Waals surface area contributed by atoms with Crippen LogP contribution in [0.15, 0.2) is 6.07 Å². The number of aliphatic hydroxyl groups is 1. The summed E-state index contributed by atoms with van der Waals surface area (Å²) in [5, 5.41) is 20.1. The largest absolute Gasteiger partial charge is 0.391 e. The Morgan fingerprint density at radius 3 is 2.50 bits per heavy atom. The van der Waals surface area contributed by atoms with Crippen LogP contribution in [0.25, 0.3) is 0 Å². The van der Waals surface area contributed by atoms with Crippen molar-refractivity contribution in [1.29, 1.82) is 5.41 Å². The number of methoxy groups -OCH3 is 1. The maximum Gasteiger partial charge on any atom is 0.195 e. The molecule has 24 heavy (non-hydrogen) atoms. The second-order valence-corrected chi connectivity index (χ2v) is 5.35. The van der Waals surface area contributed by atoms with Crippen LogP contribution in [0.1, 0.15) is 24.3 Å². The van der Waals surface area contributed by atoms with Crippen molar-refractivity contribution < 1.29 is 32.5 Å². The summed E-state index contributed by atoms with van der Waals surface area (Å²) in [4.78, 5) is 0. The van der Waals surface area contributed by atoms with Crippen molar-refractivity contribution in [2.45, 2.75) is 25.4 Å². The van der Waals surface area contributed by atoms with E-state index < -0.39 is 47.3 Å². The SMILES string of the molecule is COC[C@H](NC(=N)c1cc(C2OCCO2)c(F)c(F)c1F)[C@@H](C)O. The number of halogens is 3. The Hall–Kier alpha value is -1.68. The molecule has 0 radical (unpaired) electrons. The average molecular weight is 348 g/mol. The first-order valence-electron chi connectivity index (χ1n) is 7.29. The van der Waals surface area contributed by atoms with Gasteiger partial charge < -0.3 is 24.6 Å². The van der Waals surface area contributed by atoms with Gasteiger partial charge in [-0.1, -0.05) is 0 Å². The standard InChI is InChI=1S/C15H19F3N2O4/c1-7(21)10(6-22-2)20-14(19)8-5-9(15-23-3-4-24-15)12(17)13(18)11(8)16/h5,7,10,15,21H,3-4,6H2,1-2H3,(H2,19,20)/t7-,10+/m1/s1. The van der Waals surface area contributed by atoms with E-state index in [9.17, 15) is 18.3 Å². The lowest BCUT2D eigenvalue weighted by atomic mass is 10.1. The summed E-state index contributed by atoms with van der Waals surface area (Å²) in [6.45, 7) is 1.89. The zero-order valence-electron chi connectivity index (χ0n) is 13.2. The molecular weight excluding hydrogens is 329 g/mol. The predicted octanol–water partition coefficient (Wildman–Crippen LogP) is 1.46. The molecule has 0 amide bonds. The van der Waals surface area contributed by atoms with Gasteiger partial charge in [-0.25, -0.2) is 13.2 Å². The summed E-state index contributed by atoms with van der Waals surface area (Å²) in [6.07, 6.45) is -2.07. The zero-order chi connectivity index (χ0) is 17.9. The highest BCUT2D eigenvalue weighted by atomic mass is 19.2. The van der Waals surface area contributed by atoms with E-state index in [-0.39, 0.29) is 25.4 Å². The van der Waals surface area contributed by atoms with Crippen molar-refractivity contribution in [3.05, 3.63) is 34.6 Å². The van der Waals surface area contributed by atoms with Crippen molar-refractivity contribution >= 4 is 5.84 Å². The molecule has 1 heterocycles. The van der Waals surface area contributed by atoms with Gasteiger partial charge in [0.15, 0.2) is 23.7 Å². The summed E-state index contributed by atoms with van der Waals surface area (Å²) in [5.41, 5.74) is -0.821. The third kappa shape index (κ3) is 3.86. The van der Waals surface area contributed by atoms with Crippen LogP contribution >= 0.6 is 0 Å². The van der Waals surface area contributed by atoms with Gasteiger partial charge >= 0.3 is 0 Å². The highest BCUT2D eigenvalue weighted by Gasteiger charge is 2.29. The molecular formula is C15H19F3N2O4. The summed E-state index contributed by atoms with van der Waals surface area (Å²) < 4.78 is 56.9. The minimum absolute atomic E-state index is 0.0348. The number of amidine groups is 1. The number of benzene rings is 1. The monoisotopic (exact) mass is 348 g/mol. The van der Waals surface area contributed by atoms with Gasteiger partial charge in [-0.2, -0.15) is 0 Å². The van der Waals surface area contributed by atoms with Crippen LogP contribution in [0.4, 0.5) is 13.2 Å². The van der Waals surface area contributed by atoms with E-state index in [1.165, 1.54) is 14.0 Å². The summed E-state index contributed by atoms with van der Waals surface area (Å²) in [7, 11) is 1.39. The van der Waals surface area contributed by atoms with Crippen molar-refractivity contribution in [2.24, 2.45) is 0 Å². The third-order valence-electron chi connectivity index (χ3n) is 3.58. The lowest BCUT2D eigenvalue weighted by Gasteiger charge is -2.23. The van der Waals surface area contributed by atoms with E-state index in [4.69, 9.17) is 19.6 Å². The Labute approximate surface area is 137 Å². The molecule has 9 heteroatoms. The van der Waals surface area contributed by atoms with Crippen LogP contribution in [0.3, 0.4) is 0 Å². The van der Waals surface area contributed by atoms with E-state index in [0.717, 1.165) is 6.07 Å². The molecule has 2 rings (SSSR count). The van der Waals surface area contributed by atoms with Gasteiger partial charge in [0.25, 0.3) is 0 Å². The van der Waals surface area contributed by atoms with Gasteiger partial charge in [0.05, 0.1) is 37.5 Å². The van der Waals surface area contributed by atoms with Gasteiger partial charge in [-0.15, -0.1) is 0 Å². The normalized spacial score (nSPS) is 17.8. The molecule has 3 N–H and O–H groups in total. The second-order valence-electron chi connectivity index (χ2n) is 5.35. The number of nitrogens with one attached hydrogen (secondary N) is 2. The van der Waals surface area contributed by atoms with Crippen LogP contribution in [0, 0.1) is 22.9 Å². The molecule has 0 bridgehead atoms. The zero-order valence-corrected chi connectivity index (χ0v) is 13.2. The lowest BCUT2D eigenvalue weighted by molar-refractivity contribution is -0.0469. The molecule has 1 fully saturated rings. The fourth-order valence-corrected chi connectivity index (χ4v) is 2.26. The molecule has 0 aliphatic carbocycles. The van der Waals surface area contributed by atoms with Crippen molar-refractivity contribution in [2.75, 3.05) is 26.9 Å². The Morgan fingerprint density at radius 2 is 1.96 bits per heavy atom. The highest BCUT2D eigenvalue weighted by Crippen LogP contribution is 2.29. The Balaban J connectivity index is 2.33. The number of rotatable bonds is 6. The van der Waals surface area contributed by atoms with E-state index in [0.29, 0.717) is 0 Å². The van der Waals surface area contributed by atoms with Crippen LogP contribution < -0.4 is 5.32 Å². The Kier molecular flexibility index (Phi) is 6.16. The maximum absolute atomic E-state index is 14.0. The van der Waals surface area contributed by atoms with Crippen LogP contribution in [-0.4, -0.2) is 50.0 Å². The van der Waals surface area contributed by atoms with Crippen molar-refractivity contribution in [3.8, 4) is 0 Å². The van der Waals surface area contributed by atoms with E-state index in [1.807, 2.05) is 0 Å². The van der Waals surface area contributed by atoms with Gasteiger partial charge in [0.1, 0.15) is 5.84 Å². The van der Waals surface area contributed by atoms with Crippen molar-refractivity contribution in [1.82, 2.24) is 5.32 Å². The number of hydrogen-bond acceptors (Lipinski definition) is 5. The number of hydrogen-bond donors (Lipinski definition) is 3. The number of ether oxygens (including phenoxy) is 3. The molecule has 0 unspecified atom stereocenters. The predicted molar refractivity (Wildman–Crippen MR) is 78.3 cm³/mol. The molecule has 1 saturated heterocycles. The minimum Gasteiger partial charge on any atom is -0.391 e. The molecule has 2 atom stereocenters. The van der Waals surface area contributed by atoms with E-state index >= 15 is 0 Å². The quantitative estimate of drug-likeness (QED) is 0.412. The second kappa shape index (κ2) is 7.93. The topological polar surface area (TPSA) is 83.8 Å². The molecule has 134 valence electrons. The fourth-order valence-electron chi connectivity index (χ4n) is 2.26. The minimum atomic E-state index is -1.71. The van der Waals surface area contributed by atoms with E-state index in [1.54, 1.807) is 0 Å². The Morgan fingerprint density at radius 1 is 1.33 bits per heavy atom. The fraction of sp³-hybridized carbons (Fsp3) is 0.533. The van der Waals surface area contributed by atoms with Crippen LogP contribution in [-0.2, 0) is 14.2 Å². The van der Waals surface area contributed by atoms with Crippen molar-refractivity contribution in [3.63, 3.8) is 0 Å². The molecule has 1 aromatic carbocycles. The molecule has 0 saturated carbocycles. The summed E-state index contributed by atoms with van der Waals surface area (Å²) >= 11 is 0. The van der Waals surface area contributed by atoms with Gasteiger partial charge in [0, 0.05) is 12.7 Å². The van der Waals surface area contributed by atoms with E-state index in [2.05, 4.69) is 5.32 Å². The van der Waals surface area contributed by atoms with Gasteiger partial charge in [-0.3, -0.25) is 5.41 Å². The molecule has 1 aliphatic heterocycles. The smallest absolute Gasteiger partial charge is 0.195 e. The first kappa shape index (κ1) is 18.7. The lowest BCUT2D eigenvalue weighted by Crippen LogP contribution is -2.45. The maximum atomic E-state index is 14.0.